The second kappa shape index (κ2) is 9.54. The molecule has 2 amide bonds. The number of carbonyl (C=O) groups is 3. The Balaban J connectivity index is 1.41. The van der Waals surface area contributed by atoms with Crippen LogP contribution in [0.5, 0.6) is 0 Å². The van der Waals surface area contributed by atoms with E-state index in [1.54, 1.807) is 41.5 Å². The topological polar surface area (TPSA) is 106 Å². The van der Waals surface area contributed by atoms with E-state index < -0.39 is 17.9 Å². The number of nitrogens with zero attached hydrogens (tertiary/aromatic N) is 3. The summed E-state index contributed by atoms with van der Waals surface area (Å²) in [5.41, 5.74) is 3.29. The van der Waals surface area contributed by atoms with Crippen molar-refractivity contribution in [3.63, 3.8) is 0 Å². The molecule has 2 unspecified atom stereocenters. The summed E-state index contributed by atoms with van der Waals surface area (Å²) >= 11 is 5.97. The Hall–Kier alpha value is -3.52. The summed E-state index contributed by atoms with van der Waals surface area (Å²) in [7, 11) is 0. The van der Waals surface area contributed by atoms with Crippen molar-refractivity contribution in [2.24, 2.45) is 5.92 Å². The van der Waals surface area contributed by atoms with Crippen molar-refractivity contribution in [1.29, 1.82) is 0 Å². The van der Waals surface area contributed by atoms with Gasteiger partial charge in [0.15, 0.2) is 5.78 Å². The highest BCUT2D eigenvalue weighted by Crippen LogP contribution is 2.37. The van der Waals surface area contributed by atoms with E-state index in [-0.39, 0.29) is 24.5 Å². The average Bonchev–Trinajstić information content (AvgIpc) is 3.32. The maximum Gasteiger partial charge on any atom is 0.320 e. The predicted molar refractivity (Wildman–Crippen MR) is 125 cm³/mol. The van der Waals surface area contributed by atoms with Gasteiger partial charge in [0.2, 0.25) is 0 Å². The smallest absolute Gasteiger partial charge is 0.320 e. The minimum Gasteiger partial charge on any atom is -0.338 e. The van der Waals surface area contributed by atoms with Gasteiger partial charge in [-0.1, -0.05) is 17.7 Å². The van der Waals surface area contributed by atoms with E-state index in [0.29, 0.717) is 17.3 Å². The lowest BCUT2D eigenvalue weighted by Gasteiger charge is -2.17. The lowest BCUT2D eigenvalue weighted by molar-refractivity contribution is -0.124. The van der Waals surface area contributed by atoms with Crippen LogP contribution in [0.25, 0.3) is 5.69 Å². The van der Waals surface area contributed by atoms with Crippen LogP contribution < -0.4 is 10.6 Å². The second-order valence-corrected chi connectivity index (χ2v) is 8.62. The van der Waals surface area contributed by atoms with E-state index in [1.165, 1.54) is 0 Å². The highest BCUT2D eigenvalue weighted by Gasteiger charge is 2.42. The SMILES string of the molecule is Cc1cc(-n2cc(Cl)cn2)cc(C)c1C1C(=O)CC(CCNC(=O)Nc2ccccn2)C1=O. The quantitative estimate of drug-likeness (QED) is 0.535. The monoisotopic (exact) mass is 465 g/mol. The van der Waals surface area contributed by atoms with E-state index in [9.17, 15) is 14.4 Å². The van der Waals surface area contributed by atoms with Gasteiger partial charge >= 0.3 is 6.03 Å². The van der Waals surface area contributed by atoms with E-state index >= 15 is 0 Å². The zero-order chi connectivity index (χ0) is 23.5. The van der Waals surface area contributed by atoms with Crippen LogP contribution in [0.4, 0.5) is 10.6 Å². The van der Waals surface area contributed by atoms with Crippen molar-refractivity contribution in [2.75, 3.05) is 11.9 Å². The molecule has 0 aliphatic heterocycles. The van der Waals surface area contributed by atoms with Crippen molar-refractivity contribution in [3.8, 4) is 5.69 Å². The third kappa shape index (κ3) is 4.96. The average molecular weight is 466 g/mol. The molecule has 2 heterocycles. The van der Waals surface area contributed by atoms with E-state index in [4.69, 9.17) is 11.6 Å². The number of anilines is 1. The molecule has 1 fully saturated rings. The van der Waals surface area contributed by atoms with E-state index in [0.717, 1.165) is 22.4 Å². The normalized spacial score (nSPS) is 17.9. The first-order chi connectivity index (χ1) is 15.8. The number of aryl methyl sites for hydroxylation is 2. The van der Waals surface area contributed by atoms with Gasteiger partial charge < -0.3 is 5.32 Å². The van der Waals surface area contributed by atoms with Gasteiger partial charge in [0, 0.05) is 31.3 Å². The lowest BCUT2D eigenvalue weighted by Crippen LogP contribution is -2.31. The molecule has 0 spiro atoms. The number of halogens is 1. The number of hydrogen-bond acceptors (Lipinski definition) is 5. The van der Waals surface area contributed by atoms with Crippen molar-refractivity contribution in [1.82, 2.24) is 20.1 Å². The molecule has 9 heteroatoms. The van der Waals surface area contributed by atoms with Gasteiger partial charge in [-0.15, -0.1) is 0 Å². The molecule has 2 aromatic heterocycles. The Morgan fingerprint density at radius 2 is 1.97 bits per heavy atom. The molecule has 1 aromatic carbocycles. The lowest BCUT2D eigenvalue weighted by atomic mass is 9.87. The van der Waals surface area contributed by atoms with Crippen LogP contribution in [-0.4, -0.2) is 38.9 Å². The standard InChI is InChI=1S/C24H24ClN5O3/c1-14-9-18(30-13-17(25)12-28-30)10-15(2)21(14)22-19(31)11-16(23(22)32)6-8-27-24(33)29-20-5-3-4-7-26-20/h3-5,7,9-10,12-13,16,22H,6,8,11H2,1-2H3,(H2,26,27,29,33). The van der Waals surface area contributed by atoms with Gasteiger partial charge in [-0.05, 0) is 61.2 Å². The van der Waals surface area contributed by atoms with Crippen LogP contribution in [0.3, 0.4) is 0 Å². The Morgan fingerprint density at radius 3 is 2.61 bits per heavy atom. The fraction of sp³-hybridized carbons (Fsp3) is 0.292. The third-order valence-electron chi connectivity index (χ3n) is 5.82. The fourth-order valence-corrected chi connectivity index (χ4v) is 4.48. The number of nitrogens with one attached hydrogen (secondary N) is 2. The molecule has 170 valence electrons. The number of ketones is 2. The molecule has 0 bridgehead atoms. The highest BCUT2D eigenvalue weighted by molar-refractivity contribution is 6.30. The number of amides is 2. The zero-order valence-corrected chi connectivity index (χ0v) is 19.1. The predicted octanol–water partition coefficient (Wildman–Crippen LogP) is 3.99. The van der Waals surface area contributed by atoms with Crippen LogP contribution in [0.1, 0.15) is 35.4 Å². The molecule has 0 radical (unpaired) electrons. The highest BCUT2D eigenvalue weighted by atomic mass is 35.5. The third-order valence-corrected chi connectivity index (χ3v) is 6.02. The van der Waals surface area contributed by atoms with Gasteiger partial charge in [-0.2, -0.15) is 5.10 Å². The van der Waals surface area contributed by atoms with E-state index in [1.807, 2.05) is 26.0 Å². The van der Waals surface area contributed by atoms with Crippen molar-refractivity contribution >= 4 is 35.0 Å². The maximum atomic E-state index is 13.2. The number of urea groups is 1. The number of pyridine rings is 1. The number of aromatic nitrogens is 3. The molecule has 2 N–H and O–H groups in total. The Kier molecular flexibility index (Phi) is 6.55. The summed E-state index contributed by atoms with van der Waals surface area (Å²) in [6.07, 6.45) is 5.42. The number of rotatable bonds is 6. The first kappa shape index (κ1) is 22.7. The summed E-state index contributed by atoms with van der Waals surface area (Å²) in [6.45, 7) is 4.08. The summed E-state index contributed by atoms with van der Waals surface area (Å²) in [4.78, 5) is 42.0. The Labute approximate surface area is 196 Å². The van der Waals surface area contributed by atoms with Gasteiger partial charge in [0.05, 0.1) is 16.9 Å². The minimum absolute atomic E-state index is 0.0796. The molecular formula is C24H24ClN5O3. The van der Waals surface area contributed by atoms with Crippen molar-refractivity contribution < 1.29 is 14.4 Å². The molecule has 0 saturated heterocycles. The van der Waals surface area contributed by atoms with Crippen LogP contribution in [0, 0.1) is 19.8 Å². The number of hydrogen-bond donors (Lipinski definition) is 2. The van der Waals surface area contributed by atoms with Gasteiger partial charge in [-0.3, -0.25) is 14.9 Å². The molecule has 1 saturated carbocycles. The minimum atomic E-state index is -0.771. The summed E-state index contributed by atoms with van der Waals surface area (Å²) < 4.78 is 1.66. The van der Waals surface area contributed by atoms with Crippen LogP contribution in [-0.2, 0) is 9.59 Å². The van der Waals surface area contributed by atoms with E-state index in [2.05, 4.69) is 20.7 Å². The maximum absolute atomic E-state index is 13.2. The molecular weight excluding hydrogens is 442 g/mol. The van der Waals surface area contributed by atoms with Crippen molar-refractivity contribution in [2.45, 2.75) is 32.6 Å². The summed E-state index contributed by atoms with van der Waals surface area (Å²) in [6, 6.07) is 8.62. The number of Topliss-reactive ketones (excluding diaryl/α,β-unsaturated/α-hetero) is 2. The summed E-state index contributed by atoms with van der Waals surface area (Å²) in [5, 5.41) is 10.1. The molecule has 3 aromatic rings. The van der Waals surface area contributed by atoms with Crippen LogP contribution in [0.2, 0.25) is 5.02 Å². The van der Waals surface area contributed by atoms with Crippen LogP contribution in [0.15, 0.2) is 48.9 Å². The molecule has 2 atom stereocenters. The van der Waals surface area contributed by atoms with Crippen molar-refractivity contribution in [3.05, 3.63) is 70.6 Å². The molecule has 33 heavy (non-hydrogen) atoms. The molecule has 1 aliphatic rings. The van der Waals surface area contributed by atoms with Gasteiger partial charge in [-0.25, -0.2) is 14.5 Å². The Bertz CT molecular complexity index is 1180. The summed E-state index contributed by atoms with van der Waals surface area (Å²) in [5.74, 6) is -0.917. The second-order valence-electron chi connectivity index (χ2n) is 8.18. The number of carbonyl (C=O) groups excluding carboxylic acids is 3. The van der Waals surface area contributed by atoms with Gasteiger partial charge in [0.25, 0.3) is 0 Å². The zero-order valence-electron chi connectivity index (χ0n) is 18.3. The molecule has 1 aliphatic carbocycles. The fourth-order valence-electron chi connectivity index (χ4n) is 4.34. The largest absolute Gasteiger partial charge is 0.338 e. The number of benzene rings is 1. The first-order valence-corrected chi connectivity index (χ1v) is 11.1. The molecule has 8 nitrogen and oxygen atoms in total. The Morgan fingerprint density at radius 1 is 1.21 bits per heavy atom. The van der Waals surface area contributed by atoms with Gasteiger partial charge in [0.1, 0.15) is 17.5 Å². The first-order valence-electron chi connectivity index (χ1n) is 10.7. The van der Waals surface area contributed by atoms with Crippen LogP contribution >= 0.6 is 11.6 Å². The molecule has 4 rings (SSSR count).